The number of benzene rings is 1. The second-order valence-corrected chi connectivity index (χ2v) is 5.53. The van der Waals surface area contributed by atoms with Crippen LogP contribution in [0.3, 0.4) is 0 Å². The molecule has 1 saturated heterocycles. The number of hydrogen-bond donors (Lipinski definition) is 0. The summed E-state index contributed by atoms with van der Waals surface area (Å²) in [4.78, 5) is 11.9. The highest BCUT2D eigenvalue weighted by Gasteiger charge is 2.18. The van der Waals surface area contributed by atoms with Gasteiger partial charge in [-0.3, -0.25) is 4.40 Å². The fraction of sp³-hybridized carbons (Fsp3) is 0.375. The minimum absolute atomic E-state index is 0.989. The van der Waals surface area contributed by atoms with Crippen LogP contribution < -0.4 is 4.90 Å². The molecule has 0 aliphatic carbocycles. The number of piperidine rings is 1. The molecular weight excluding hydrogens is 248 g/mol. The molecule has 3 heterocycles. The molecule has 1 aromatic carbocycles. The summed E-state index contributed by atoms with van der Waals surface area (Å²) in [6.45, 7) is 4.28. The smallest absolute Gasteiger partial charge is 0.181 e. The molecule has 0 amide bonds. The van der Waals surface area contributed by atoms with E-state index in [4.69, 9.17) is 4.98 Å². The number of rotatable bonds is 1. The van der Waals surface area contributed by atoms with Gasteiger partial charge in [0.1, 0.15) is 0 Å². The Morgan fingerprint density at radius 2 is 1.85 bits per heavy atom. The van der Waals surface area contributed by atoms with Gasteiger partial charge >= 0.3 is 0 Å². The van der Waals surface area contributed by atoms with Crippen LogP contribution in [0.15, 0.2) is 30.5 Å². The Labute approximate surface area is 118 Å². The summed E-state index contributed by atoms with van der Waals surface area (Å²) in [5, 5.41) is 0. The van der Waals surface area contributed by atoms with Crippen LogP contribution in [0.4, 0.5) is 5.82 Å². The number of aryl methyl sites for hydroxylation is 1. The van der Waals surface area contributed by atoms with Crippen molar-refractivity contribution in [2.45, 2.75) is 26.2 Å². The Balaban J connectivity index is 2.03. The summed E-state index contributed by atoms with van der Waals surface area (Å²) in [6, 6.07) is 8.31. The van der Waals surface area contributed by atoms with Gasteiger partial charge in [-0.1, -0.05) is 12.1 Å². The molecule has 0 spiro atoms. The molecule has 4 rings (SSSR count). The molecule has 2 aromatic heterocycles. The lowest BCUT2D eigenvalue weighted by Gasteiger charge is -2.28. The lowest BCUT2D eigenvalue weighted by Crippen LogP contribution is -2.30. The highest BCUT2D eigenvalue weighted by atomic mass is 15.2. The average Bonchev–Trinajstić information content (AvgIpc) is 2.90. The Hall–Kier alpha value is -2.10. The van der Waals surface area contributed by atoms with Crippen LogP contribution in [0, 0.1) is 6.92 Å². The first-order valence-electron chi connectivity index (χ1n) is 7.32. The molecule has 0 bridgehead atoms. The third kappa shape index (κ3) is 1.68. The average molecular weight is 266 g/mol. The van der Waals surface area contributed by atoms with Gasteiger partial charge in [0.05, 0.1) is 11.0 Å². The molecule has 4 heteroatoms. The van der Waals surface area contributed by atoms with E-state index in [1.807, 2.05) is 12.3 Å². The molecule has 0 N–H and O–H groups in total. The van der Waals surface area contributed by atoms with Crippen LogP contribution in [0.5, 0.6) is 0 Å². The highest BCUT2D eigenvalue weighted by Crippen LogP contribution is 2.27. The van der Waals surface area contributed by atoms with Gasteiger partial charge in [0, 0.05) is 25.0 Å². The van der Waals surface area contributed by atoms with E-state index in [1.165, 1.54) is 19.3 Å². The maximum Gasteiger partial charge on any atom is 0.181 e. The molecule has 4 nitrogen and oxygen atoms in total. The zero-order chi connectivity index (χ0) is 13.5. The first kappa shape index (κ1) is 11.7. The van der Waals surface area contributed by atoms with Crippen molar-refractivity contribution in [3.05, 3.63) is 36.2 Å². The van der Waals surface area contributed by atoms with E-state index in [1.54, 1.807) is 0 Å². The van der Waals surface area contributed by atoms with Gasteiger partial charge in [0.25, 0.3) is 0 Å². The van der Waals surface area contributed by atoms with Gasteiger partial charge in [-0.15, -0.1) is 0 Å². The Bertz CT molecular complexity index is 769. The van der Waals surface area contributed by atoms with Crippen molar-refractivity contribution in [1.82, 2.24) is 14.4 Å². The van der Waals surface area contributed by atoms with Crippen LogP contribution >= 0.6 is 0 Å². The van der Waals surface area contributed by atoms with Crippen LogP contribution in [0.2, 0.25) is 0 Å². The number of anilines is 1. The summed E-state index contributed by atoms with van der Waals surface area (Å²) in [5.41, 5.74) is 4.33. The summed E-state index contributed by atoms with van der Waals surface area (Å²) < 4.78 is 2.23. The monoisotopic (exact) mass is 266 g/mol. The van der Waals surface area contributed by atoms with Crippen LogP contribution in [-0.2, 0) is 0 Å². The van der Waals surface area contributed by atoms with Gasteiger partial charge in [0.15, 0.2) is 11.5 Å². The van der Waals surface area contributed by atoms with Gasteiger partial charge in [-0.25, -0.2) is 9.97 Å². The maximum atomic E-state index is 4.88. The highest BCUT2D eigenvalue weighted by molar-refractivity contribution is 5.83. The second-order valence-electron chi connectivity index (χ2n) is 5.53. The molecule has 3 aromatic rings. The predicted molar refractivity (Wildman–Crippen MR) is 81.3 cm³/mol. The molecule has 0 radical (unpaired) electrons. The van der Waals surface area contributed by atoms with E-state index in [2.05, 4.69) is 39.4 Å². The van der Waals surface area contributed by atoms with Crippen LogP contribution in [0.25, 0.3) is 16.7 Å². The van der Waals surface area contributed by atoms with Crippen molar-refractivity contribution in [2.24, 2.45) is 0 Å². The molecule has 0 atom stereocenters. The number of hydrogen-bond acceptors (Lipinski definition) is 3. The zero-order valence-corrected chi connectivity index (χ0v) is 11.7. The quantitative estimate of drug-likeness (QED) is 0.678. The summed E-state index contributed by atoms with van der Waals surface area (Å²) >= 11 is 0. The molecule has 20 heavy (non-hydrogen) atoms. The topological polar surface area (TPSA) is 33.4 Å². The van der Waals surface area contributed by atoms with E-state index in [9.17, 15) is 0 Å². The van der Waals surface area contributed by atoms with E-state index >= 15 is 0 Å². The van der Waals surface area contributed by atoms with Crippen LogP contribution in [0.1, 0.15) is 25.0 Å². The number of para-hydroxylation sites is 2. The first-order chi connectivity index (χ1) is 9.84. The van der Waals surface area contributed by atoms with Crippen molar-refractivity contribution in [2.75, 3.05) is 18.0 Å². The summed E-state index contributed by atoms with van der Waals surface area (Å²) in [7, 11) is 0. The molecule has 102 valence electrons. The molecular formula is C16H18N4. The zero-order valence-electron chi connectivity index (χ0n) is 11.7. The lowest BCUT2D eigenvalue weighted by molar-refractivity contribution is 0.574. The molecule has 1 fully saturated rings. The van der Waals surface area contributed by atoms with Gasteiger partial charge in [0.2, 0.25) is 0 Å². The summed E-state index contributed by atoms with van der Waals surface area (Å²) in [6.07, 6.45) is 5.77. The van der Waals surface area contributed by atoms with Gasteiger partial charge in [-0.2, -0.15) is 0 Å². The third-order valence-electron chi connectivity index (χ3n) is 4.14. The minimum atomic E-state index is 0.989. The van der Waals surface area contributed by atoms with E-state index in [-0.39, 0.29) is 0 Å². The Morgan fingerprint density at radius 3 is 2.70 bits per heavy atom. The SMILES string of the molecule is Cc1cnc2c(N3CCCCC3)nc3ccccc3n12. The molecule has 1 aliphatic heterocycles. The fourth-order valence-corrected chi connectivity index (χ4v) is 3.13. The maximum absolute atomic E-state index is 4.88. The number of fused-ring (bicyclic) bond motifs is 3. The third-order valence-corrected chi connectivity index (χ3v) is 4.14. The lowest BCUT2D eigenvalue weighted by atomic mass is 10.1. The largest absolute Gasteiger partial charge is 0.354 e. The van der Waals surface area contributed by atoms with Crippen molar-refractivity contribution in [3.8, 4) is 0 Å². The van der Waals surface area contributed by atoms with E-state index in [0.29, 0.717) is 0 Å². The Kier molecular flexibility index (Phi) is 2.62. The van der Waals surface area contributed by atoms with E-state index in [0.717, 1.165) is 41.3 Å². The van der Waals surface area contributed by atoms with Crippen molar-refractivity contribution < 1.29 is 0 Å². The van der Waals surface area contributed by atoms with Gasteiger partial charge < -0.3 is 4.90 Å². The van der Waals surface area contributed by atoms with Crippen molar-refractivity contribution in [1.29, 1.82) is 0 Å². The fourth-order valence-electron chi connectivity index (χ4n) is 3.13. The molecule has 1 aliphatic rings. The summed E-state index contributed by atoms with van der Waals surface area (Å²) in [5.74, 6) is 1.04. The first-order valence-corrected chi connectivity index (χ1v) is 7.32. The van der Waals surface area contributed by atoms with E-state index < -0.39 is 0 Å². The van der Waals surface area contributed by atoms with Crippen molar-refractivity contribution >= 4 is 22.5 Å². The Morgan fingerprint density at radius 1 is 1.05 bits per heavy atom. The minimum Gasteiger partial charge on any atom is -0.354 e. The van der Waals surface area contributed by atoms with Gasteiger partial charge in [-0.05, 0) is 38.3 Å². The number of nitrogens with zero attached hydrogens (tertiary/aromatic N) is 4. The van der Waals surface area contributed by atoms with Crippen LogP contribution in [-0.4, -0.2) is 27.5 Å². The predicted octanol–water partition coefficient (Wildman–Crippen LogP) is 3.18. The second kappa shape index (κ2) is 4.47. The van der Waals surface area contributed by atoms with Crippen molar-refractivity contribution in [3.63, 3.8) is 0 Å². The number of aromatic nitrogens is 3. The normalized spacial score (nSPS) is 16.1. The number of imidazole rings is 1. The standard InChI is InChI=1S/C16H18N4/c1-12-11-17-15-16(19-9-5-2-6-10-19)18-13-7-3-4-8-14(13)20(12)15/h3-4,7-8,11H,2,5-6,9-10H2,1H3. The molecule has 0 saturated carbocycles. The molecule has 0 unspecified atom stereocenters.